The number of rotatable bonds is 6. The third-order valence-corrected chi connectivity index (χ3v) is 2.51. The molecule has 0 fully saturated rings. The van der Waals surface area contributed by atoms with Gasteiger partial charge in [-0.1, -0.05) is 6.92 Å². The molecule has 0 spiro atoms. The lowest BCUT2D eigenvalue weighted by molar-refractivity contribution is -0.121. The highest BCUT2D eigenvalue weighted by Gasteiger charge is 2.11. The van der Waals surface area contributed by atoms with Gasteiger partial charge in [-0.3, -0.25) is 4.79 Å². The first-order valence-corrected chi connectivity index (χ1v) is 6.01. The second-order valence-electron chi connectivity index (χ2n) is 4.48. The van der Waals surface area contributed by atoms with Gasteiger partial charge in [-0.2, -0.15) is 5.10 Å². The SMILES string of the molecule is COc1cc(C(C)CC(=O)N/N=C/N(C)C)ccn1. The van der Waals surface area contributed by atoms with Crippen molar-refractivity contribution in [2.24, 2.45) is 5.10 Å². The Morgan fingerprint density at radius 3 is 3.00 bits per heavy atom. The molecule has 0 saturated carbocycles. The summed E-state index contributed by atoms with van der Waals surface area (Å²) in [5.41, 5.74) is 3.50. The van der Waals surface area contributed by atoms with E-state index in [4.69, 9.17) is 4.74 Å². The normalized spacial score (nSPS) is 12.2. The van der Waals surface area contributed by atoms with Gasteiger partial charge in [0.05, 0.1) is 7.11 Å². The van der Waals surface area contributed by atoms with Gasteiger partial charge in [-0.05, 0) is 17.5 Å². The number of hydrazone groups is 1. The van der Waals surface area contributed by atoms with Crippen LogP contribution in [-0.2, 0) is 4.79 Å². The highest BCUT2D eigenvalue weighted by Crippen LogP contribution is 2.21. The summed E-state index contributed by atoms with van der Waals surface area (Å²) in [5, 5.41) is 3.82. The van der Waals surface area contributed by atoms with Crippen molar-refractivity contribution in [2.45, 2.75) is 19.3 Å². The van der Waals surface area contributed by atoms with Crippen LogP contribution >= 0.6 is 0 Å². The molecule has 1 amide bonds. The standard InChI is InChI=1S/C13H20N4O2/c1-10(7-12(18)16-15-9-17(2)3)11-5-6-14-13(8-11)19-4/h5-6,8-10H,7H2,1-4H3,(H,16,18)/b15-9+. The highest BCUT2D eigenvalue weighted by atomic mass is 16.5. The van der Waals surface area contributed by atoms with E-state index in [1.54, 1.807) is 18.2 Å². The van der Waals surface area contributed by atoms with E-state index in [0.717, 1.165) is 5.56 Å². The third kappa shape index (κ3) is 5.37. The summed E-state index contributed by atoms with van der Waals surface area (Å²) in [4.78, 5) is 17.5. The zero-order valence-corrected chi connectivity index (χ0v) is 11.8. The van der Waals surface area contributed by atoms with Crippen molar-refractivity contribution in [1.29, 1.82) is 0 Å². The molecule has 1 unspecified atom stereocenters. The molecule has 1 rings (SSSR count). The van der Waals surface area contributed by atoms with E-state index in [2.05, 4.69) is 15.5 Å². The largest absolute Gasteiger partial charge is 0.481 e. The summed E-state index contributed by atoms with van der Waals surface area (Å²) in [6.45, 7) is 1.98. The fraction of sp³-hybridized carbons (Fsp3) is 0.462. The molecule has 1 aromatic rings. The number of amides is 1. The Morgan fingerprint density at radius 2 is 2.37 bits per heavy atom. The maximum Gasteiger partial charge on any atom is 0.240 e. The summed E-state index contributed by atoms with van der Waals surface area (Å²) in [6.07, 6.45) is 3.57. The van der Waals surface area contributed by atoms with Crippen molar-refractivity contribution in [3.63, 3.8) is 0 Å². The van der Waals surface area contributed by atoms with E-state index in [1.807, 2.05) is 33.2 Å². The van der Waals surface area contributed by atoms with Gasteiger partial charge in [0.25, 0.3) is 0 Å². The van der Waals surface area contributed by atoms with Crippen LogP contribution in [-0.4, -0.2) is 43.3 Å². The van der Waals surface area contributed by atoms with Crippen LogP contribution in [0.1, 0.15) is 24.8 Å². The van der Waals surface area contributed by atoms with Crippen molar-refractivity contribution in [3.8, 4) is 5.88 Å². The van der Waals surface area contributed by atoms with Gasteiger partial charge in [-0.25, -0.2) is 10.4 Å². The molecule has 0 radical (unpaired) electrons. The molecule has 1 aromatic heterocycles. The molecular weight excluding hydrogens is 244 g/mol. The molecule has 1 N–H and O–H groups in total. The van der Waals surface area contributed by atoms with E-state index >= 15 is 0 Å². The molecule has 0 bridgehead atoms. The molecular formula is C13H20N4O2. The lowest BCUT2D eigenvalue weighted by atomic mass is 9.99. The Labute approximate surface area is 113 Å². The number of aromatic nitrogens is 1. The number of hydrogen-bond acceptors (Lipinski definition) is 4. The van der Waals surface area contributed by atoms with E-state index < -0.39 is 0 Å². The summed E-state index contributed by atoms with van der Waals surface area (Å²) in [5.74, 6) is 0.503. The lowest BCUT2D eigenvalue weighted by Gasteiger charge is -2.11. The first-order chi connectivity index (χ1) is 9.02. The molecule has 1 heterocycles. The highest BCUT2D eigenvalue weighted by molar-refractivity contribution is 5.77. The van der Waals surface area contributed by atoms with Crippen molar-refractivity contribution in [2.75, 3.05) is 21.2 Å². The van der Waals surface area contributed by atoms with Gasteiger partial charge in [0.15, 0.2) is 0 Å². The Balaban J connectivity index is 2.53. The van der Waals surface area contributed by atoms with Gasteiger partial charge in [-0.15, -0.1) is 0 Å². The zero-order valence-electron chi connectivity index (χ0n) is 11.8. The van der Waals surface area contributed by atoms with Crippen LogP contribution in [0, 0.1) is 0 Å². The first kappa shape index (κ1) is 14.9. The number of nitrogens with one attached hydrogen (secondary N) is 1. The summed E-state index contributed by atoms with van der Waals surface area (Å²) in [6, 6.07) is 3.71. The number of ether oxygens (including phenoxy) is 1. The molecule has 0 saturated heterocycles. The Kier molecular flexibility index (Phi) is 5.78. The van der Waals surface area contributed by atoms with Gasteiger partial charge >= 0.3 is 0 Å². The van der Waals surface area contributed by atoms with Crippen LogP contribution in [0.4, 0.5) is 0 Å². The molecule has 104 valence electrons. The average molecular weight is 264 g/mol. The fourth-order valence-electron chi connectivity index (χ4n) is 1.50. The lowest BCUT2D eigenvalue weighted by Crippen LogP contribution is -2.21. The van der Waals surface area contributed by atoms with E-state index in [9.17, 15) is 4.79 Å². The fourth-order valence-corrected chi connectivity index (χ4v) is 1.50. The number of carbonyl (C=O) groups is 1. The van der Waals surface area contributed by atoms with Crippen LogP contribution < -0.4 is 10.2 Å². The summed E-state index contributed by atoms with van der Waals surface area (Å²) < 4.78 is 5.06. The maximum atomic E-state index is 11.7. The Bertz CT molecular complexity index is 446. The van der Waals surface area contributed by atoms with Gasteiger partial charge in [0.2, 0.25) is 11.8 Å². The molecule has 1 atom stereocenters. The molecule has 0 aromatic carbocycles. The number of nitrogens with zero attached hydrogens (tertiary/aromatic N) is 3. The molecule has 0 aliphatic heterocycles. The minimum atomic E-state index is -0.124. The minimum absolute atomic E-state index is 0.0754. The van der Waals surface area contributed by atoms with Crippen molar-refractivity contribution in [1.82, 2.24) is 15.3 Å². The minimum Gasteiger partial charge on any atom is -0.481 e. The van der Waals surface area contributed by atoms with Gasteiger partial charge in [0.1, 0.15) is 6.34 Å². The summed E-state index contributed by atoms with van der Waals surface area (Å²) >= 11 is 0. The number of pyridine rings is 1. The second-order valence-corrected chi connectivity index (χ2v) is 4.48. The topological polar surface area (TPSA) is 66.8 Å². The van der Waals surface area contributed by atoms with Crippen molar-refractivity contribution in [3.05, 3.63) is 23.9 Å². The number of methoxy groups -OCH3 is 1. The predicted molar refractivity (Wildman–Crippen MR) is 74.1 cm³/mol. The Morgan fingerprint density at radius 1 is 1.63 bits per heavy atom. The van der Waals surface area contributed by atoms with Gasteiger partial charge < -0.3 is 9.64 Å². The number of carbonyl (C=O) groups excluding carboxylic acids is 1. The van der Waals surface area contributed by atoms with Crippen LogP contribution in [0.2, 0.25) is 0 Å². The quantitative estimate of drug-likeness (QED) is 0.476. The molecule has 0 aliphatic rings. The third-order valence-electron chi connectivity index (χ3n) is 2.51. The molecule has 0 aliphatic carbocycles. The monoisotopic (exact) mass is 264 g/mol. The van der Waals surface area contributed by atoms with Crippen molar-refractivity contribution < 1.29 is 9.53 Å². The summed E-state index contributed by atoms with van der Waals surface area (Å²) in [7, 11) is 5.24. The molecule has 19 heavy (non-hydrogen) atoms. The molecule has 6 nitrogen and oxygen atoms in total. The van der Waals surface area contributed by atoms with Crippen LogP contribution in [0.5, 0.6) is 5.88 Å². The average Bonchev–Trinajstić information content (AvgIpc) is 2.38. The van der Waals surface area contributed by atoms with E-state index in [-0.39, 0.29) is 11.8 Å². The van der Waals surface area contributed by atoms with E-state index in [1.165, 1.54) is 6.34 Å². The zero-order chi connectivity index (χ0) is 14.3. The van der Waals surface area contributed by atoms with Crippen LogP contribution in [0.15, 0.2) is 23.4 Å². The Hall–Kier alpha value is -2.11. The first-order valence-electron chi connectivity index (χ1n) is 6.01. The smallest absolute Gasteiger partial charge is 0.240 e. The maximum absolute atomic E-state index is 11.7. The van der Waals surface area contributed by atoms with Gasteiger partial charge in [0, 0.05) is 32.8 Å². The number of hydrogen-bond donors (Lipinski definition) is 1. The van der Waals surface area contributed by atoms with Crippen LogP contribution in [0.25, 0.3) is 0 Å². The van der Waals surface area contributed by atoms with Crippen molar-refractivity contribution >= 4 is 12.2 Å². The van der Waals surface area contributed by atoms with E-state index in [0.29, 0.717) is 12.3 Å². The molecule has 6 heteroatoms. The second kappa shape index (κ2) is 7.35. The van der Waals surface area contributed by atoms with Crippen LogP contribution in [0.3, 0.4) is 0 Å². The predicted octanol–water partition coefficient (Wildman–Crippen LogP) is 1.20.